The van der Waals surface area contributed by atoms with Gasteiger partial charge in [0.15, 0.2) is 0 Å². The Kier molecular flexibility index (Phi) is 16.5. The summed E-state index contributed by atoms with van der Waals surface area (Å²) < 4.78 is 11.2. The van der Waals surface area contributed by atoms with E-state index in [9.17, 15) is 20.4 Å². The Morgan fingerprint density at radius 1 is 0.552 bits per heavy atom. The van der Waals surface area contributed by atoms with Crippen LogP contribution in [0.3, 0.4) is 0 Å². The lowest BCUT2D eigenvalue weighted by Gasteiger charge is -2.62. The fourth-order valence-electron chi connectivity index (χ4n) is 19.7. The molecule has 10 rings (SSSR count). The van der Waals surface area contributed by atoms with Gasteiger partial charge in [-0.15, -0.1) is 0 Å². The molecule has 10 aliphatic rings. The van der Waals surface area contributed by atoms with Gasteiger partial charge in [0.2, 0.25) is 0 Å². The second-order valence-corrected chi connectivity index (χ2v) is 27.5. The number of hydrogen-bond acceptors (Lipinski definition) is 7. The molecule has 8 aliphatic carbocycles. The molecule has 0 aromatic rings. The van der Waals surface area contributed by atoms with E-state index in [-0.39, 0.29) is 7.43 Å². The molecule has 2 heterocycles. The zero-order valence-corrected chi connectivity index (χ0v) is 44.0. The molecule has 19 atom stereocenters. The molecule has 0 aromatic carbocycles. The lowest BCUT2D eigenvalue weighted by molar-refractivity contribution is -0.148. The maximum absolute atomic E-state index is 10.9. The highest BCUT2D eigenvalue weighted by Crippen LogP contribution is 2.70. The van der Waals surface area contributed by atoms with Gasteiger partial charge >= 0.3 is 0 Å². The largest absolute Gasteiger partial charge is 0.400 e. The van der Waals surface area contributed by atoms with Crippen molar-refractivity contribution in [3.05, 3.63) is 11.6 Å². The second-order valence-electron chi connectivity index (χ2n) is 27.5. The predicted molar refractivity (Wildman–Crippen MR) is 273 cm³/mol. The molecule has 2 saturated heterocycles. The zero-order chi connectivity index (χ0) is 47.6. The fraction of sp³-hybridized carbons (Fsp3) is 0.967. The number of aliphatic hydroxyl groups excluding tert-OH is 1. The van der Waals surface area contributed by atoms with Crippen molar-refractivity contribution < 1.29 is 35.0 Å². The van der Waals surface area contributed by atoms with Crippen LogP contribution in [0.25, 0.3) is 0 Å². The van der Waals surface area contributed by atoms with Crippen LogP contribution in [0.2, 0.25) is 0 Å². The molecule has 2 aliphatic heterocycles. The number of rotatable bonds is 8. The van der Waals surface area contributed by atoms with Gasteiger partial charge in [0, 0.05) is 20.3 Å². The first-order valence-electron chi connectivity index (χ1n) is 28.3. The van der Waals surface area contributed by atoms with Crippen LogP contribution in [-0.4, -0.2) is 81.5 Å². The number of fused-ring (bicyclic) bond motifs is 10. The Hall–Kier alpha value is -0.540. The highest BCUT2D eigenvalue weighted by atomic mass is 16.5. The summed E-state index contributed by atoms with van der Waals surface area (Å²) in [5.41, 5.74) is 1.24. The minimum absolute atomic E-state index is 0. The molecule has 2 unspecified atom stereocenters. The molecule has 0 bridgehead atoms. The monoisotopic (exact) mass is 939 g/mol. The summed E-state index contributed by atoms with van der Waals surface area (Å²) >= 11 is 0. The van der Waals surface area contributed by atoms with Gasteiger partial charge in [-0.05, 0) is 261 Å². The third-order valence-electron chi connectivity index (χ3n) is 23.6. The maximum Gasteiger partial charge on any atom is 0.0881 e. The summed E-state index contributed by atoms with van der Waals surface area (Å²) in [5.74, 6) is 8.91. The Morgan fingerprint density at radius 2 is 1.06 bits per heavy atom. The van der Waals surface area contributed by atoms with Gasteiger partial charge in [-0.3, -0.25) is 0 Å². The van der Waals surface area contributed by atoms with Crippen LogP contribution in [0.15, 0.2) is 11.6 Å². The van der Waals surface area contributed by atoms with Crippen molar-refractivity contribution in [3.63, 3.8) is 0 Å². The minimum atomic E-state index is -0.579. The second kappa shape index (κ2) is 20.4. The molecule has 9 fully saturated rings. The normalized spacial score (nSPS) is 50.8. The average Bonchev–Trinajstić information content (AvgIpc) is 3.83. The van der Waals surface area contributed by atoms with Crippen molar-refractivity contribution in [2.45, 2.75) is 246 Å². The standard InChI is InChI=1S/C29H50O3.C29H48O3.CH4O.CH4/c2*1-20(10-14-29(31)12-5-17-32-19-29)23-8-9-24-22-7-6-21-18-26(2,30)15-16-27(21,3)25(22)11-13-28(23,24)4;1-2;/h20-25,30-31H,5-19H2,1-4H3;6,20,22-25,30-31H,5,7-19H2,1-4H3;2H,1H3;1H4/t20-,21+,22+,23-,24+,25+,26+,27+,28-,29?;20-,22+,23-,24+,25+,26+,27+,28-,29?;;/m11../s1. The molecule has 7 nitrogen and oxygen atoms in total. The number of ether oxygens (including phenoxy) is 2. The Labute approximate surface area is 411 Å². The Bertz CT molecular complexity index is 1660. The van der Waals surface area contributed by atoms with Gasteiger partial charge in [-0.2, -0.15) is 0 Å². The van der Waals surface area contributed by atoms with Crippen LogP contribution in [0.1, 0.15) is 223 Å². The van der Waals surface area contributed by atoms with E-state index in [1.54, 1.807) is 5.57 Å². The van der Waals surface area contributed by atoms with Crippen molar-refractivity contribution in [1.29, 1.82) is 0 Å². The van der Waals surface area contributed by atoms with Crippen LogP contribution in [0.5, 0.6) is 0 Å². The van der Waals surface area contributed by atoms with Gasteiger partial charge in [0.25, 0.3) is 0 Å². The van der Waals surface area contributed by atoms with Crippen molar-refractivity contribution >= 4 is 0 Å². The van der Waals surface area contributed by atoms with Crippen molar-refractivity contribution in [1.82, 2.24) is 0 Å². The Balaban J connectivity index is 0.000000189. The number of allylic oxidation sites excluding steroid dienone is 1. The summed E-state index contributed by atoms with van der Waals surface area (Å²) in [6.07, 6.45) is 31.9. The molecule has 5 N–H and O–H groups in total. The van der Waals surface area contributed by atoms with Crippen LogP contribution < -0.4 is 0 Å². The summed E-state index contributed by atoms with van der Waals surface area (Å²) in [7, 11) is 1.00. The summed E-state index contributed by atoms with van der Waals surface area (Å²) in [6, 6.07) is 0. The van der Waals surface area contributed by atoms with Gasteiger partial charge in [-0.1, -0.05) is 60.6 Å². The molecule has 67 heavy (non-hydrogen) atoms. The van der Waals surface area contributed by atoms with E-state index in [1.807, 2.05) is 6.92 Å². The summed E-state index contributed by atoms with van der Waals surface area (Å²) in [4.78, 5) is 0. The summed E-state index contributed by atoms with van der Waals surface area (Å²) in [5, 5.41) is 50.3. The van der Waals surface area contributed by atoms with Gasteiger partial charge < -0.3 is 35.0 Å². The van der Waals surface area contributed by atoms with Crippen molar-refractivity contribution in [2.75, 3.05) is 33.5 Å². The van der Waals surface area contributed by atoms with E-state index in [2.05, 4.69) is 54.5 Å². The predicted octanol–water partition coefficient (Wildman–Crippen LogP) is 12.9. The van der Waals surface area contributed by atoms with Crippen LogP contribution in [0.4, 0.5) is 0 Å². The Morgan fingerprint density at radius 3 is 1.60 bits per heavy atom. The number of aliphatic hydroxyl groups is 5. The zero-order valence-electron chi connectivity index (χ0n) is 44.0. The van der Waals surface area contributed by atoms with Crippen LogP contribution >= 0.6 is 0 Å². The minimum Gasteiger partial charge on any atom is -0.400 e. The van der Waals surface area contributed by atoms with E-state index < -0.39 is 22.4 Å². The van der Waals surface area contributed by atoms with E-state index in [4.69, 9.17) is 14.6 Å². The third-order valence-corrected chi connectivity index (χ3v) is 23.6. The first kappa shape index (κ1) is 54.2. The average molecular weight is 940 g/mol. The van der Waals surface area contributed by atoms with E-state index in [0.29, 0.717) is 46.7 Å². The highest BCUT2D eigenvalue weighted by Gasteiger charge is 2.62. The van der Waals surface area contributed by atoms with Crippen molar-refractivity contribution in [2.24, 2.45) is 86.8 Å². The third kappa shape index (κ3) is 10.4. The lowest BCUT2D eigenvalue weighted by atomic mass is 9.43. The topological polar surface area (TPSA) is 120 Å². The van der Waals surface area contributed by atoms with Crippen LogP contribution in [-0.2, 0) is 9.47 Å². The number of hydrogen-bond donors (Lipinski definition) is 5. The van der Waals surface area contributed by atoms with Gasteiger partial charge in [0.1, 0.15) is 0 Å². The lowest BCUT2D eigenvalue weighted by Crippen LogP contribution is -2.55. The molecule has 7 saturated carbocycles. The first-order valence-corrected chi connectivity index (χ1v) is 28.3. The molecule has 0 amide bonds. The highest BCUT2D eigenvalue weighted by molar-refractivity contribution is 5.27. The van der Waals surface area contributed by atoms with Gasteiger partial charge in [-0.25, -0.2) is 0 Å². The first-order chi connectivity index (χ1) is 31.1. The van der Waals surface area contributed by atoms with Gasteiger partial charge in [0.05, 0.1) is 35.6 Å². The molecule has 7 heteroatoms. The van der Waals surface area contributed by atoms with Crippen LogP contribution in [0, 0.1) is 86.8 Å². The van der Waals surface area contributed by atoms with E-state index >= 15 is 0 Å². The molecule has 0 spiro atoms. The van der Waals surface area contributed by atoms with E-state index in [1.165, 1.54) is 77.0 Å². The molecular weight excluding hydrogens is 833 g/mol. The fourth-order valence-corrected chi connectivity index (χ4v) is 19.7. The molecular formula is C60H106O7. The summed E-state index contributed by atoms with van der Waals surface area (Å²) in [6.45, 7) is 22.2. The molecule has 0 radical (unpaired) electrons. The SMILES string of the molecule is C.CO.C[C@H](CCC1(O)CCCOC1)[C@H]1CC[C@H]2[C@@H]3CC=C4C[C@@](C)(O)CC[C@]4(C)[C@H]3CC[C@]12C.C[C@H](CCC1(O)CCCOC1)[C@H]1CC[C@H]2[C@@H]3CC[C@H]4C[C@@](C)(O)CC[C@]4(C)[C@H]3CC[C@]12C. The van der Waals surface area contributed by atoms with Crippen molar-refractivity contribution in [3.8, 4) is 0 Å². The van der Waals surface area contributed by atoms with E-state index in [0.717, 1.165) is 157 Å². The quantitative estimate of drug-likeness (QED) is 0.154. The smallest absolute Gasteiger partial charge is 0.0881 e. The molecule has 0 aromatic heterocycles. The molecule has 388 valence electrons. The maximum atomic E-state index is 10.9.